The minimum atomic E-state index is -0.343. The molecule has 3 rings (SSSR count). The van der Waals surface area contributed by atoms with Crippen molar-refractivity contribution < 1.29 is 4.79 Å². The predicted octanol–water partition coefficient (Wildman–Crippen LogP) is 4.39. The molecular weight excluding hydrogens is 367 g/mol. The number of thiazole rings is 1. The molecule has 0 aliphatic heterocycles. The molecule has 24 heavy (non-hydrogen) atoms. The van der Waals surface area contributed by atoms with Crippen LogP contribution in [0.1, 0.15) is 26.6 Å². The maximum atomic E-state index is 12.1. The molecule has 0 saturated heterocycles. The summed E-state index contributed by atoms with van der Waals surface area (Å²) >= 11 is 13.5. The summed E-state index contributed by atoms with van der Waals surface area (Å²) in [6.45, 7) is 1.81. The van der Waals surface area contributed by atoms with Gasteiger partial charge in [0.05, 0.1) is 11.9 Å². The van der Waals surface area contributed by atoms with Gasteiger partial charge in [-0.15, -0.1) is 11.3 Å². The molecule has 1 N–H and O–H groups in total. The molecule has 0 spiro atoms. The van der Waals surface area contributed by atoms with Gasteiger partial charge in [0.1, 0.15) is 5.69 Å². The van der Waals surface area contributed by atoms with Gasteiger partial charge in [0.15, 0.2) is 5.13 Å². The first-order chi connectivity index (χ1) is 11.5. The van der Waals surface area contributed by atoms with Gasteiger partial charge in [-0.1, -0.05) is 23.2 Å². The molecule has 0 fully saturated rings. The van der Waals surface area contributed by atoms with Crippen molar-refractivity contribution in [3.05, 3.63) is 68.7 Å². The van der Waals surface area contributed by atoms with Crippen LogP contribution in [0.2, 0.25) is 10.0 Å². The lowest BCUT2D eigenvalue weighted by atomic mass is 10.1. The number of aryl methyl sites for hydroxylation is 1. The van der Waals surface area contributed by atoms with Crippen LogP contribution in [0, 0.1) is 6.92 Å². The lowest BCUT2D eigenvalue weighted by Crippen LogP contribution is -2.13. The van der Waals surface area contributed by atoms with E-state index in [4.69, 9.17) is 23.2 Å². The third-order valence-corrected chi connectivity index (χ3v) is 4.68. The number of halogens is 2. The number of carbonyl (C=O) groups excluding carboxylic acids is 1. The second-order valence-electron chi connectivity index (χ2n) is 5.04. The minimum Gasteiger partial charge on any atom is -0.296 e. The van der Waals surface area contributed by atoms with E-state index in [1.807, 2.05) is 13.0 Å². The van der Waals surface area contributed by atoms with Crippen molar-refractivity contribution >= 4 is 45.6 Å². The largest absolute Gasteiger partial charge is 0.296 e. The number of amides is 1. The lowest BCUT2D eigenvalue weighted by molar-refractivity contribution is 0.102. The zero-order chi connectivity index (χ0) is 17.1. The monoisotopic (exact) mass is 378 g/mol. The molecule has 0 unspecified atom stereocenters. The molecule has 1 aromatic carbocycles. The molecular formula is C16H12Cl2N4OS. The van der Waals surface area contributed by atoms with E-state index in [2.05, 4.69) is 20.3 Å². The molecule has 1 amide bonds. The van der Waals surface area contributed by atoms with Crippen LogP contribution in [0.4, 0.5) is 5.13 Å². The van der Waals surface area contributed by atoms with Crippen molar-refractivity contribution in [1.29, 1.82) is 0 Å². The number of aromatic nitrogens is 3. The van der Waals surface area contributed by atoms with E-state index in [1.54, 1.807) is 24.5 Å². The van der Waals surface area contributed by atoms with Crippen LogP contribution >= 0.6 is 34.5 Å². The van der Waals surface area contributed by atoms with Gasteiger partial charge < -0.3 is 0 Å². The average Bonchev–Trinajstić information content (AvgIpc) is 2.98. The molecule has 122 valence electrons. The smallest absolute Gasteiger partial charge is 0.277 e. The maximum Gasteiger partial charge on any atom is 0.277 e. The summed E-state index contributed by atoms with van der Waals surface area (Å²) in [6.07, 6.45) is 5.28. The van der Waals surface area contributed by atoms with E-state index in [0.717, 1.165) is 16.1 Å². The highest BCUT2D eigenvalue weighted by Crippen LogP contribution is 2.27. The summed E-state index contributed by atoms with van der Waals surface area (Å²) in [5.74, 6) is -0.343. The van der Waals surface area contributed by atoms with Crippen LogP contribution in [-0.2, 0) is 6.42 Å². The van der Waals surface area contributed by atoms with E-state index in [-0.39, 0.29) is 11.6 Å². The molecule has 2 aromatic heterocycles. The van der Waals surface area contributed by atoms with Crippen molar-refractivity contribution in [2.24, 2.45) is 0 Å². The minimum absolute atomic E-state index is 0.246. The topological polar surface area (TPSA) is 67.8 Å². The van der Waals surface area contributed by atoms with E-state index >= 15 is 0 Å². The Labute approximate surface area is 152 Å². The summed E-state index contributed by atoms with van der Waals surface area (Å²) in [5, 5.41) is 4.49. The number of hydrogen-bond donors (Lipinski definition) is 1. The van der Waals surface area contributed by atoms with Gasteiger partial charge in [-0.3, -0.25) is 15.1 Å². The first-order valence-electron chi connectivity index (χ1n) is 7.00. The highest BCUT2D eigenvalue weighted by atomic mass is 35.5. The Morgan fingerprint density at radius 3 is 2.75 bits per heavy atom. The molecule has 0 aliphatic carbocycles. The first-order valence-corrected chi connectivity index (χ1v) is 8.57. The number of hydrogen-bond acceptors (Lipinski definition) is 5. The zero-order valence-electron chi connectivity index (χ0n) is 12.6. The fourth-order valence-electron chi connectivity index (χ4n) is 1.98. The maximum absolute atomic E-state index is 12.1. The van der Waals surface area contributed by atoms with E-state index in [0.29, 0.717) is 21.6 Å². The summed E-state index contributed by atoms with van der Waals surface area (Å²) < 4.78 is 0. The van der Waals surface area contributed by atoms with Crippen LogP contribution in [-0.4, -0.2) is 20.9 Å². The summed E-state index contributed by atoms with van der Waals surface area (Å²) in [6, 6.07) is 5.33. The highest BCUT2D eigenvalue weighted by molar-refractivity contribution is 7.15. The Kier molecular flexibility index (Phi) is 5.08. The Morgan fingerprint density at radius 2 is 2.00 bits per heavy atom. The van der Waals surface area contributed by atoms with Crippen LogP contribution in [0.25, 0.3) is 0 Å². The SMILES string of the molecule is Cc1cnc(C(=O)Nc2ncc(Cc3cc(Cl)ccc3Cl)s2)cn1. The van der Waals surface area contributed by atoms with Crippen molar-refractivity contribution in [2.75, 3.05) is 5.32 Å². The fraction of sp³-hybridized carbons (Fsp3) is 0.125. The summed E-state index contributed by atoms with van der Waals surface area (Å²) in [5.41, 5.74) is 1.91. The van der Waals surface area contributed by atoms with Crippen molar-refractivity contribution in [1.82, 2.24) is 15.0 Å². The second-order valence-corrected chi connectivity index (χ2v) is 7.00. The Hall–Kier alpha value is -2.02. The first kappa shape index (κ1) is 16.8. The van der Waals surface area contributed by atoms with E-state index in [1.165, 1.54) is 17.5 Å². The summed E-state index contributed by atoms with van der Waals surface area (Å²) in [4.78, 5) is 25.4. The lowest BCUT2D eigenvalue weighted by Gasteiger charge is -2.02. The molecule has 0 bridgehead atoms. The van der Waals surface area contributed by atoms with Crippen molar-refractivity contribution in [3.8, 4) is 0 Å². The Balaban J connectivity index is 1.70. The molecule has 8 heteroatoms. The van der Waals surface area contributed by atoms with Crippen LogP contribution < -0.4 is 5.32 Å². The third-order valence-electron chi connectivity index (χ3n) is 3.16. The van der Waals surface area contributed by atoms with Gasteiger partial charge in [-0.25, -0.2) is 9.97 Å². The molecule has 0 atom stereocenters. The van der Waals surface area contributed by atoms with Crippen LogP contribution in [0.5, 0.6) is 0 Å². The molecule has 0 aliphatic rings. The van der Waals surface area contributed by atoms with Gasteiger partial charge in [0, 0.05) is 33.7 Å². The second kappa shape index (κ2) is 7.25. The van der Waals surface area contributed by atoms with Gasteiger partial charge in [0.25, 0.3) is 5.91 Å². The number of rotatable bonds is 4. The fourth-order valence-corrected chi connectivity index (χ4v) is 3.19. The number of benzene rings is 1. The van der Waals surface area contributed by atoms with E-state index in [9.17, 15) is 4.79 Å². The highest BCUT2D eigenvalue weighted by Gasteiger charge is 2.12. The third kappa shape index (κ3) is 4.08. The number of nitrogens with one attached hydrogen (secondary N) is 1. The molecule has 0 saturated carbocycles. The van der Waals surface area contributed by atoms with Gasteiger partial charge in [-0.2, -0.15) is 0 Å². The van der Waals surface area contributed by atoms with Crippen LogP contribution in [0.15, 0.2) is 36.8 Å². The normalized spacial score (nSPS) is 10.6. The number of nitrogens with zero attached hydrogens (tertiary/aromatic N) is 3. The standard InChI is InChI=1S/C16H12Cl2N4OS/c1-9-6-20-14(8-19-9)15(23)22-16-21-7-12(24-16)5-10-4-11(17)2-3-13(10)18/h2-4,6-8H,5H2,1H3,(H,21,22,23). The quantitative estimate of drug-likeness (QED) is 0.730. The molecule has 3 aromatic rings. The van der Waals surface area contributed by atoms with Gasteiger partial charge in [-0.05, 0) is 30.7 Å². The molecule has 2 heterocycles. The van der Waals surface area contributed by atoms with Crippen molar-refractivity contribution in [2.45, 2.75) is 13.3 Å². The Bertz CT molecular complexity index is 880. The van der Waals surface area contributed by atoms with E-state index < -0.39 is 0 Å². The molecule has 5 nitrogen and oxygen atoms in total. The van der Waals surface area contributed by atoms with Gasteiger partial charge in [0.2, 0.25) is 0 Å². The summed E-state index contributed by atoms with van der Waals surface area (Å²) in [7, 11) is 0. The molecule has 0 radical (unpaired) electrons. The number of carbonyl (C=O) groups is 1. The number of anilines is 1. The van der Waals surface area contributed by atoms with Crippen LogP contribution in [0.3, 0.4) is 0 Å². The average molecular weight is 379 g/mol. The van der Waals surface area contributed by atoms with Gasteiger partial charge >= 0.3 is 0 Å². The predicted molar refractivity (Wildman–Crippen MR) is 96.1 cm³/mol. The van der Waals surface area contributed by atoms with Crippen molar-refractivity contribution in [3.63, 3.8) is 0 Å². The Morgan fingerprint density at radius 1 is 1.17 bits per heavy atom. The zero-order valence-corrected chi connectivity index (χ0v) is 14.9.